The molecule has 1 amide bonds. The van der Waals surface area contributed by atoms with Gasteiger partial charge >= 0.3 is 0 Å². The van der Waals surface area contributed by atoms with Gasteiger partial charge in [0.1, 0.15) is 5.56 Å². The summed E-state index contributed by atoms with van der Waals surface area (Å²) in [6.07, 6.45) is 0. The molecule has 0 bridgehead atoms. The first kappa shape index (κ1) is 13.8. The molecule has 1 fully saturated rings. The SMILES string of the molecule is CC1CN(C(=O)c2ccc(Cl)cc2[N+](=O)[O-])CC1N. The molecule has 102 valence electrons. The Kier molecular flexibility index (Phi) is 3.73. The topological polar surface area (TPSA) is 89.5 Å². The standard InChI is InChI=1S/C12H14ClN3O3/c1-7-5-15(6-10(7)14)12(17)9-3-2-8(13)4-11(9)16(18)19/h2-4,7,10H,5-6,14H2,1H3. The zero-order valence-corrected chi connectivity index (χ0v) is 11.1. The highest BCUT2D eigenvalue weighted by molar-refractivity contribution is 6.31. The molecule has 2 N–H and O–H groups in total. The molecule has 0 spiro atoms. The second kappa shape index (κ2) is 5.14. The van der Waals surface area contributed by atoms with Crippen LogP contribution in [0.5, 0.6) is 0 Å². The Labute approximate surface area is 115 Å². The zero-order chi connectivity index (χ0) is 14.2. The number of carbonyl (C=O) groups excluding carboxylic acids is 1. The van der Waals surface area contributed by atoms with Crippen LogP contribution in [0.1, 0.15) is 17.3 Å². The second-order valence-corrected chi connectivity index (χ2v) is 5.21. The minimum Gasteiger partial charge on any atom is -0.337 e. The van der Waals surface area contributed by atoms with Crippen LogP contribution < -0.4 is 5.73 Å². The second-order valence-electron chi connectivity index (χ2n) is 4.77. The minimum absolute atomic E-state index is 0.0516. The average Bonchev–Trinajstić information content (AvgIpc) is 2.68. The summed E-state index contributed by atoms with van der Waals surface area (Å²) in [5.41, 5.74) is 5.64. The van der Waals surface area contributed by atoms with Crippen molar-refractivity contribution in [2.45, 2.75) is 13.0 Å². The number of nitro benzene ring substituents is 1. The Hall–Kier alpha value is -1.66. The number of benzene rings is 1. The number of halogens is 1. The Bertz CT molecular complexity index is 525. The van der Waals surface area contributed by atoms with E-state index in [0.29, 0.717) is 13.1 Å². The summed E-state index contributed by atoms with van der Waals surface area (Å²) < 4.78 is 0. The van der Waals surface area contributed by atoms with Gasteiger partial charge in [0.2, 0.25) is 0 Å². The molecule has 1 aliphatic heterocycles. The zero-order valence-electron chi connectivity index (χ0n) is 10.4. The maximum atomic E-state index is 12.3. The summed E-state index contributed by atoms with van der Waals surface area (Å²) in [6.45, 7) is 2.88. The van der Waals surface area contributed by atoms with E-state index >= 15 is 0 Å². The van der Waals surface area contributed by atoms with E-state index in [-0.39, 0.29) is 34.1 Å². The summed E-state index contributed by atoms with van der Waals surface area (Å²) in [6, 6.07) is 3.96. The Morgan fingerprint density at radius 3 is 2.74 bits per heavy atom. The molecule has 0 aliphatic carbocycles. The fourth-order valence-electron chi connectivity index (χ4n) is 2.16. The van der Waals surface area contributed by atoms with Crippen LogP contribution in [0.25, 0.3) is 0 Å². The van der Waals surface area contributed by atoms with Gasteiger partial charge in [-0.25, -0.2) is 0 Å². The molecule has 6 nitrogen and oxygen atoms in total. The Balaban J connectivity index is 2.32. The van der Waals surface area contributed by atoms with Gasteiger partial charge < -0.3 is 10.6 Å². The fraction of sp³-hybridized carbons (Fsp3) is 0.417. The van der Waals surface area contributed by atoms with Gasteiger partial charge in [-0.3, -0.25) is 14.9 Å². The lowest BCUT2D eigenvalue weighted by molar-refractivity contribution is -0.385. The molecular weight excluding hydrogens is 270 g/mol. The number of amides is 1. The van der Waals surface area contributed by atoms with Gasteiger partial charge in [-0.05, 0) is 18.1 Å². The number of likely N-dealkylation sites (tertiary alicyclic amines) is 1. The Morgan fingerprint density at radius 2 is 2.21 bits per heavy atom. The van der Waals surface area contributed by atoms with E-state index < -0.39 is 4.92 Å². The minimum atomic E-state index is -0.599. The van der Waals surface area contributed by atoms with Crippen LogP contribution >= 0.6 is 11.6 Å². The van der Waals surface area contributed by atoms with Crippen molar-refractivity contribution >= 4 is 23.2 Å². The van der Waals surface area contributed by atoms with Crippen molar-refractivity contribution in [3.63, 3.8) is 0 Å². The van der Waals surface area contributed by atoms with Crippen LogP contribution in [0.4, 0.5) is 5.69 Å². The third-order valence-electron chi connectivity index (χ3n) is 3.34. The van der Waals surface area contributed by atoms with Crippen molar-refractivity contribution in [1.82, 2.24) is 4.90 Å². The summed E-state index contributed by atoms with van der Waals surface area (Å²) in [4.78, 5) is 24.2. The first-order chi connectivity index (χ1) is 8.90. The molecule has 7 heteroatoms. The van der Waals surface area contributed by atoms with Crippen LogP contribution in [0, 0.1) is 16.0 Å². The van der Waals surface area contributed by atoms with E-state index in [1.807, 2.05) is 6.92 Å². The quantitative estimate of drug-likeness (QED) is 0.660. The largest absolute Gasteiger partial charge is 0.337 e. The third kappa shape index (κ3) is 2.69. The van der Waals surface area contributed by atoms with Crippen LogP contribution in [-0.2, 0) is 0 Å². The molecule has 0 saturated carbocycles. The van der Waals surface area contributed by atoms with Crippen LogP contribution in [0.15, 0.2) is 18.2 Å². The lowest BCUT2D eigenvalue weighted by atomic mass is 10.1. The van der Waals surface area contributed by atoms with Crippen molar-refractivity contribution in [1.29, 1.82) is 0 Å². The number of carbonyl (C=O) groups is 1. The van der Waals surface area contributed by atoms with Crippen molar-refractivity contribution < 1.29 is 9.72 Å². The third-order valence-corrected chi connectivity index (χ3v) is 3.58. The molecule has 19 heavy (non-hydrogen) atoms. The predicted molar refractivity (Wildman–Crippen MR) is 71.1 cm³/mol. The maximum absolute atomic E-state index is 12.3. The summed E-state index contributed by atoms with van der Waals surface area (Å²) >= 11 is 5.72. The predicted octanol–water partition coefficient (Wildman–Crippen LogP) is 1.67. The molecule has 1 aromatic rings. The number of nitrogens with two attached hydrogens (primary N) is 1. The van der Waals surface area contributed by atoms with E-state index in [1.54, 1.807) is 4.90 Å². The Morgan fingerprint density at radius 1 is 1.53 bits per heavy atom. The highest BCUT2D eigenvalue weighted by Gasteiger charge is 2.33. The number of nitro groups is 1. The van der Waals surface area contributed by atoms with E-state index in [2.05, 4.69) is 0 Å². The average molecular weight is 284 g/mol. The van der Waals surface area contributed by atoms with Gasteiger partial charge in [-0.1, -0.05) is 18.5 Å². The number of rotatable bonds is 2. The summed E-state index contributed by atoms with van der Waals surface area (Å²) in [7, 11) is 0. The molecule has 1 heterocycles. The van der Waals surface area contributed by atoms with Gasteiger partial charge in [0.05, 0.1) is 4.92 Å². The molecule has 1 aromatic carbocycles. The van der Waals surface area contributed by atoms with Crippen LogP contribution in [-0.4, -0.2) is 34.9 Å². The van der Waals surface area contributed by atoms with Crippen molar-refractivity contribution in [2.75, 3.05) is 13.1 Å². The van der Waals surface area contributed by atoms with Crippen molar-refractivity contribution in [3.05, 3.63) is 38.9 Å². The number of hydrogen-bond acceptors (Lipinski definition) is 4. The summed E-state index contributed by atoms with van der Waals surface area (Å²) in [5, 5.41) is 11.2. The molecule has 2 unspecified atom stereocenters. The smallest absolute Gasteiger partial charge is 0.283 e. The van der Waals surface area contributed by atoms with Gasteiger partial charge in [0.25, 0.3) is 11.6 Å². The maximum Gasteiger partial charge on any atom is 0.283 e. The van der Waals surface area contributed by atoms with Crippen molar-refractivity contribution in [3.8, 4) is 0 Å². The van der Waals surface area contributed by atoms with E-state index in [9.17, 15) is 14.9 Å². The monoisotopic (exact) mass is 283 g/mol. The normalized spacial score (nSPS) is 22.6. The first-order valence-corrected chi connectivity index (χ1v) is 6.26. The molecule has 0 aromatic heterocycles. The molecule has 2 atom stereocenters. The number of hydrogen-bond donors (Lipinski definition) is 1. The van der Waals surface area contributed by atoms with Gasteiger partial charge in [-0.15, -0.1) is 0 Å². The lowest BCUT2D eigenvalue weighted by Gasteiger charge is -2.15. The molecule has 1 aliphatic rings. The first-order valence-electron chi connectivity index (χ1n) is 5.89. The van der Waals surface area contributed by atoms with Crippen LogP contribution in [0.3, 0.4) is 0 Å². The van der Waals surface area contributed by atoms with E-state index in [4.69, 9.17) is 17.3 Å². The highest BCUT2D eigenvalue weighted by Crippen LogP contribution is 2.26. The van der Waals surface area contributed by atoms with Gasteiger partial charge in [0.15, 0.2) is 0 Å². The highest BCUT2D eigenvalue weighted by atomic mass is 35.5. The fourth-order valence-corrected chi connectivity index (χ4v) is 2.33. The van der Waals surface area contributed by atoms with E-state index in [0.717, 1.165) is 0 Å². The van der Waals surface area contributed by atoms with Crippen molar-refractivity contribution in [2.24, 2.45) is 11.7 Å². The lowest BCUT2D eigenvalue weighted by Crippen LogP contribution is -2.32. The molecule has 2 rings (SSSR count). The van der Waals surface area contributed by atoms with E-state index in [1.165, 1.54) is 18.2 Å². The molecular formula is C12H14ClN3O3. The van der Waals surface area contributed by atoms with Gasteiger partial charge in [0, 0.05) is 30.2 Å². The summed E-state index contributed by atoms with van der Waals surface area (Å²) in [5.74, 6) is -0.182. The van der Waals surface area contributed by atoms with Crippen LogP contribution in [0.2, 0.25) is 5.02 Å². The number of nitrogens with zero attached hydrogens (tertiary/aromatic N) is 2. The van der Waals surface area contributed by atoms with Gasteiger partial charge in [-0.2, -0.15) is 0 Å². The molecule has 0 radical (unpaired) electrons. The molecule has 1 saturated heterocycles.